The van der Waals surface area contributed by atoms with E-state index >= 15 is 0 Å². The van der Waals surface area contributed by atoms with Crippen LogP contribution in [0.2, 0.25) is 0 Å². The molecule has 0 amide bonds. The van der Waals surface area contributed by atoms with Crippen LogP contribution in [0.4, 0.5) is 5.13 Å². The first-order valence-corrected chi connectivity index (χ1v) is 5.79. The van der Waals surface area contributed by atoms with E-state index in [1.807, 2.05) is 6.20 Å². The molecule has 0 aliphatic heterocycles. The number of aryl methyl sites for hydroxylation is 1. The zero-order valence-electron chi connectivity index (χ0n) is 8.55. The molecule has 0 spiro atoms. The predicted molar refractivity (Wildman–Crippen MR) is 60.0 cm³/mol. The molecule has 2 heterocycles. The summed E-state index contributed by atoms with van der Waals surface area (Å²) >= 11 is 1.64. The summed E-state index contributed by atoms with van der Waals surface area (Å²) in [5.41, 5.74) is 1.14. The first kappa shape index (κ1) is 10.1. The SMILES string of the molecule is CCc1csc(NCCn2ccnn2)n1. The number of aromatic nitrogens is 4. The minimum atomic E-state index is 0.807. The van der Waals surface area contributed by atoms with Crippen molar-refractivity contribution in [3.8, 4) is 0 Å². The average molecular weight is 223 g/mol. The smallest absolute Gasteiger partial charge is 0.182 e. The third-order valence-electron chi connectivity index (χ3n) is 2.00. The van der Waals surface area contributed by atoms with Crippen LogP contribution < -0.4 is 5.32 Å². The lowest BCUT2D eigenvalue weighted by molar-refractivity contribution is 0.608. The summed E-state index contributed by atoms with van der Waals surface area (Å²) < 4.78 is 1.79. The summed E-state index contributed by atoms with van der Waals surface area (Å²) in [7, 11) is 0. The van der Waals surface area contributed by atoms with Crippen molar-refractivity contribution in [2.24, 2.45) is 0 Å². The van der Waals surface area contributed by atoms with Gasteiger partial charge in [0.1, 0.15) is 0 Å². The van der Waals surface area contributed by atoms with Gasteiger partial charge in [0.05, 0.1) is 18.4 Å². The van der Waals surface area contributed by atoms with E-state index in [-0.39, 0.29) is 0 Å². The second-order valence-electron chi connectivity index (χ2n) is 3.09. The number of hydrogen-bond acceptors (Lipinski definition) is 5. The van der Waals surface area contributed by atoms with Gasteiger partial charge in [0.2, 0.25) is 0 Å². The molecule has 0 unspecified atom stereocenters. The zero-order valence-corrected chi connectivity index (χ0v) is 9.37. The van der Waals surface area contributed by atoms with Crippen molar-refractivity contribution in [3.05, 3.63) is 23.5 Å². The molecule has 0 radical (unpaired) electrons. The Hall–Kier alpha value is -1.43. The molecule has 0 saturated carbocycles. The molecule has 80 valence electrons. The fourth-order valence-electron chi connectivity index (χ4n) is 1.18. The molecule has 0 fully saturated rings. The van der Waals surface area contributed by atoms with Crippen molar-refractivity contribution in [1.82, 2.24) is 20.0 Å². The molecule has 1 N–H and O–H groups in total. The van der Waals surface area contributed by atoms with Gasteiger partial charge in [0.15, 0.2) is 5.13 Å². The van der Waals surface area contributed by atoms with Crippen molar-refractivity contribution in [3.63, 3.8) is 0 Å². The van der Waals surface area contributed by atoms with Crippen LogP contribution in [0.3, 0.4) is 0 Å². The second-order valence-corrected chi connectivity index (χ2v) is 3.95. The molecule has 0 aromatic carbocycles. The lowest BCUT2D eigenvalue weighted by atomic mass is 10.4. The van der Waals surface area contributed by atoms with Crippen LogP contribution >= 0.6 is 11.3 Å². The molecule has 15 heavy (non-hydrogen) atoms. The van der Waals surface area contributed by atoms with Gasteiger partial charge in [-0.3, -0.25) is 4.68 Å². The Bertz CT molecular complexity index is 394. The zero-order chi connectivity index (χ0) is 10.5. The summed E-state index contributed by atoms with van der Waals surface area (Å²) in [4.78, 5) is 4.41. The van der Waals surface area contributed by atoms with Crippen LogP contribution in [0.5, 0.6) is 0 Å². The second kappa shape index (κ2) is 4.88. The summed E-state index contributed by atoms with van der Waals surface area (Å²) in [6.07, 6.45) is 4.51. The van der Waals surface area contributed by atoms with Crippen molar-refractivity contribution in [2.45, 2.75) is 19.9 Å². The van der Waals surface area contributed by atoms with Crippen LogP contribution in [-0.4, -0.2) is 26.5 Å². The van der Waals surface area contributed by atoms with E-state index in [2.05, 4.69) is 32.9 Å². The van der Waals surface area contributed by atoms with E-state index < -0.39 is 0 Å². The number of nitrogens with one attached hydrogen (secondary N) is 1. The molecular formula is C9H13N5S. The minimum Gasteiger partial charge on any atom is -0.360 e. The maximum absolute atomic E-state index is 4.41. The van der Waals surface area contributed by atoms with Gasteiger partial charge in [0.25, 0.3) is 0 Å². The molecule has 6 heteroatoms. The van der Waals surface area contributed by atoms with Gasteiger partial charge in [0, 0.05) is 18.1 Å². The molecule has 2 rings (SSSR count). The molecule has 0 aliphatic carbocycles. The lowest BCUT2D eigenvalue weighted by Gasteiger charge is -2.01. The summed E-state index contributed by atoms with van der Waals surface area (Å²) in [6, 6.07) is 0. The molecule has 0 atom stereocenters. The van der Waals surface area contributed by atoms with Gasteiger partial charge in [-0.25, -0.2) is 4.98 Å². The fourth-order valence-corrected chi connectivity index (χ4v) is 2.00. The number of anilines is 1. The van der Waals surface area contributed by atoms with Crippen molar-refractivity contribution in [1.29, 1.82) is 0 Å². The molecule has 2 aromatic heterocycles. The monoisotopic (exact) mass is 223 g/mol. The first-order valence-electron chi connectivity index (χ1n) is 4.91. The Balaban J connectivity index is 1.78. The lowest BCUT2D eigenvalue weighted by Crippen LogP contribution is -2.10. The van der Waals surface area contributed by atoms with Gasteiger partial charge in [-0.2, -0.15) is 0 Å². The van der Waals surface area contributed by atoms with Gasteiger partial charge < -0.3 is 5.32 Å². The van der Waals surface area contributed by atoms with Gasteiger partial charge in [-0.15, -0.1) is 16.4 Å². The van der Waals surface area contributed by atoms with Gasteiger partial charge >= 0.3 is 0 Å². The number of rotatable bonds is 5. The topological polar surface area (TPSA) is 55.6 Å². The summed E-state index contributed by atoms with van der Waals surface area (Å²) in [6.45, 7) is 3.73. The third-order valence-corrected chi connectivity index (χ3v) is 2.85. The Kier molecular flexibility index (Phi) is 3.29. The molecule has 0 bridgehead atoms. The molecule has 5 nitrogen and oxygen atoms in total. The quantitative estimate of drug-likeness (QED) is 0.832. The Morgan fingerprint density at radius 2 is 2.47 bits per heavy atom. The summed E-state index contributed by atoms with van der Waals surface area (Å²) in [5.74, 6) is 0. The fraction of sp³-hybridized carbons (Fsp3) is 0.444. The Labute approximate surface area is 92.2 Å². The van der Waals surface area contributed by atoms with Crippen molar-refractivity contribution < 1.29 is 0 Å². The van der Waals surface area contributed by atoms with Crippen LogP contribution in [0.1, 0.15) is 12.6 Å². The first-order chi connectivity index (χ1) is 7.38. The normalized spacial score (nSPS) is 10.5. The van der Waals surface area contributed by atoms with Crippen LogP contribution in [-0.2, 0) is 13.0 Å². The van der Waals surface area contributed by atoms with Crippen LogP contribution in [0, 0.1) is 0 Å². The largest absolute Gasteiger partial charge is 0.360 e. The highest BCUT2D eigenvalue weighted by Crippen LogP contribution is 2.14. The maximum atomic E-state index is 4.41. The third kappa shape index (κ3) is 2.76. The van der Waals surface area contributed by atoms with Crippen molar-refractivity contribution in [2.75, 3.05) is 11.9 Å². The highest BCUT2D eigenvalue weighted by atomic mass is 32.1. The van der Waals surface area contributed by atoms with E-state index in [1.165, 1.54) is 0 Å². The minimum absolute atomic E-state index is 0.807. The number of thiazole rings is 1. The standard InChI is InChI=1S/C9H13N5S/c1-2-8-7-15-9(12-8)10-3-5-14-6-4-11-13-14/h4,6-7H,2-3,5H2,1H3,(H,10,12). The Morgan fingerprint density at radius 1 is 1.53 bits per heavy atom. The number of hydrogen-bond donors (Lipinski definition) is 1. The van der Waals surface area contributed by atoms with E-state index in [1.54, 1.807) is 22.2 Å². The molecular weight excluding hydrogens is 210 g/mol. The maximum Gasteiger partial charge on any atom is 0.182 e. The van der Waals surface area contributed by atoms with E-state index in [4.69, 9.17) is 0 Å². The molecule has 2 aromatic rings. The van der Waals surface area contributed by atoms with E-state index in [0.29, 0.717) is 0 Å². The average Bonchev–Trinajstić information content (AvgIpc) is 2.88. The van der Waals surface area contributed by atoms with Gasteiger partial charge in [-0.05, 0) is 6.42 Å². The Morgan fingerprint density at radius 3 is 3.13 bits per heavy atom. The molecule has 0 saturated heterocycles. The van der Waals surface area contributed by atoms with Crippen LogP contribution in [0.25, 0.3) is 0 Å². The van der Waals surface area contributed by atoms with Gasteiger partial charge in [-0.1, -0.05) is 12.1 Å². The van der Waals surface area contributed by atoms with E-state index in [9.17, 15) is 0 Å². The highest BCUT2D eigenvalue weighted by Gasteiger charge is 1.99. The summed E-state index contributed by atoms with van der Waals surface area (Å²) in [5, 5.41) is 13.9. The highest BCUT2D eigenvalue weighted by molar-refractivity contribution is 7.13. The molecule has 0 aliphatic rings. The number of nitrogens with zero attached hydrogens (tertiary/aromatic N) is 4. The predicted octanol–water partition coefficient (Wildman–Crippen LogP) is 1.41. The van der Waals surface area contributed by atoms with Crippen LogP contribution in [0.15, 0.2) is 17.8 Å². The van der Waals surface area contributed by atoms with Crippen molar-refractivity contribution >= 4 is 16.5 Å². The van der Waals surface area contributed by atoms with E-state index in [0.717, 1.165) is 30.3 Å².